The second-order valence-electron chi connectivity index (χ2n) is 7.20. The number of nitrogens with one attached hydrogen (secondary N) is 1. The Hall–Kier alpha value is -3.48. The number of carboxylic acids is 1. The molecule has 27 heavy (non-hydrogen) atoms. The highest BCUT2D eigenvalue weighted by molar-refractivity contribution is 6.22. The van der Waals surface area contributed by atoms with Gasteiger partial charge in [0.25, 0.3) is 17.7 Å². The van der Waals surface area contributed by atoms with Gasteiger partial charge >= 0.3 is 0 Å². The number of carboxylic acid groups (broad SMARTS) is 1. The van der Waals surface area contributed by atoms with Crippen LogP contribution in [0, 0.1) is 0 Å². The maximum Gasteiger partial charge on any atom is 0.262 e. The maximum atomic E-state index is 12.6. The van der Waals surface area contributed by atoms with Gasteiger partial charge in [-0.15, -0.1) is 0 Å². The van der Waals surface area contributed by atoms with E-state index in [9.17, 15) is 24.3 Å². The monoisotopic (exact) mass is 365 g/mol. The van der Waals surface area contributed by atoms with E-state index in [4.69, 9.17) is 0 Å². The van der Waals surface area contributed by atoms with Gasteiger partial charge in [0.15, 0.2) is 0 Å². The number of nitrogens with zero attached hydrogens (tertiary/aromatic N) is 1. The number of hydrogen-bond acceptors (Lipinski definition) is 5. The maximum absolute atomic E-state index is 12.6. The predicted octanol–water partition coefficient (Wildman–Crippen LogP) is 1.70. The summed E-state index contributed by atoms with van der Waals surface area (Å²) < 4.78 is 0. The quantitative estimate of drug-likeness (QED) is 0.833. The molecule has 2 aromatic carbocycles. The van der Waals surface area contributed by atoms with Crippen LogP contribution >= 0.6 is 0 Å². The third-order valence-electron chi connectivity index (χ3n) is 4.18. The van der Waals surface area contributed by atoms with Gasteiger partial charge in [-0.1, -0.05) is 12.1 Å². The molecular formula is C20H17N2O5-. The van der Waals surface area contributed by atoms with Crippen molar-refractivity contribution in [2.75, 3.05) is 5.32 Å². The number of imide groups is 1. The molecule has 138 valence electrons. The summed E-state index contributed by atoms with van der Waals surface area (Å²) in [5.74, 6) is -2.72. The van der Waals surface area contributed by atoms with Crippen LogP contribution in [-0.4, -0.2) is 34.1 Å². The number of fused-ring (bicyclic) bond motifs is 1. The van der Waals surface area contributed by atoms with E-state index in [2.05, 4.69) is 5.32 Å². The minimum Gasteiger partial charge on any atom is -0.545 e. The molecule has 2 aromatic rings. The molecule has 0 bridgehead atoms. The van der Waals surface area contributed by atoms with Crippen molar-refractivity contribution in [1.82, 2.24) is 4.90 Å². The van der Waals surface area contributed by atoms with E-state index < -0.39 is 29.2 Å². The van der Waals surface area contributed by atoms with E-state index in [0.717, 1.165) is 0 Å². The number of hydrogen-bond donors (Lipinski definition) is 1. The zero-order chi connectivity index (χ0) is 19.9. The Balaban J connectivity index is 1.89. The lowest BCUT2D eigenvalue weighted by Gasteiger charge is -2.29. The van der Waals surface area contributed by atoms with Crippen molar-refractivity contribution in [3.8, 4) is 0 Å². The summed E-state index contributed by atoms with van der Waals surface area (Å²) in [5.41, 5.74) is 0.145. The molecule has 0 spiro atoms. The van der Waals surface area contributed by atoms with Gasteiger partial charge in [-0.2, -0.15) is 0 Å². The SMILES string of the molecule is CC(C)(C)N1C(=O)c2ccc(C(=O)Nc3cccc(C(=O)[O-])c3)cc2C1=O. The lowest BCUT2D eigenvalue weighted by Crippen LogP contribution is -2.45. The van der Waals surface area contributed by atoms with Gasteiger partial charge in [0.1, 0.15) is 0 Å². The molecule has 0 saturated carbocycles. The zero-order valence-electron chi connectivity index (χ0n) is 15.0. The summed E-state index contributed by atoms with van der Waals surface area (Å²) in [5, 5.41) is 13.5. The topological polar surface area (TPSA) is 107 Å². The smallest absolute Gasteiger partial charge is 0.262 e. The van der Waals surface area contributed by atoms with Gasteiger partial charge < -0.3 is 15.2 Å². The Bertz CT molecular complexity index is 988. The first-order valence-corrected chi connectivity index (χ1v) is 8.25. The Morgan fingerprint density at radius 1 is 0.926 bits per heavy atom. The molecule has 1 aliphatic rings. The van der Waals surface area contributed by atoms with E-state index >= 15 is 0 Å². The van der Waals surface area contributed by atoms with Crippen LogP contribution in [0.5, 0.6) is 0 Å². The average molecular weight is 365 g/mol. The van der Waals surface area contributed by atoms with Gasteiger partial charge in [0.05, 0.1) is 17.1 Å². The highest BCUT2D eigenvalue weighted by Gasteiger charge is 2.42. The van der Waals surface area contributed by atoms with E-state index in [1.165, 1.54) is 47.4 Å². The molecule has 0 saturated heterocycles. The first kappa shape index (κ1) is 18.3. The number of carbonyl (C=O) groups is 4. The summed E-state index contributed by atoms with van der Waals surface area (Å²) in [6, 6.07) is 9.92. The Kier molecular flexibility index (Phi) is 4.31. The lowest BCUT2D eigenvalue weighted by molar-refractivity contribution is -0.255. The number of aromatic carboxylic acids is 1. The van der Waals surface area contributed by atoms with Crippen molar-refractivity contribution in [2.45, 2.75) is 26.3 Å². The second-order valence-corrected chi connectivity index (χ2v) is 7.20. The highest BCUT2D eigenvalue weighted by Crippen LogP contribution is 2.30. The summed E-state index contributed by atoms with van der Waals surface area (Å²) in [6.45, 7) is 5.27. The lowest BCUT2D eigenvalue weighted by atomic mass is 10.1. The summed E-state index contributed by atoms with van der Waals surface area (Å²) in [4.78, 5) is 49.6. The molecule has 1 aliphatic heterocycles. The van der Waals surface area contributed by atoms with E-state index in [1.54, 1.807) is 20.8 Å². The van der Waals surface area contributed by atoms with E-state index in [-0.39, 0.29) is 27.9 Å². The molecule has 0 fully saturated rings. The summed E-state index contributed by atoms with van der Waals surface area (Å²) in [7, 11) is 0. The van der Waals surface area contributed by atoms with Crippen LogP contribution in [0.1, 0.15) is 62.2 Å². The first-order valence-electron chi connectivity index (χ1n) is 8.25. The third kappa shape index (κ3) is 3.31. The highest BCUT2D eigenvalue weighted by atomic mass is 16.4. The fraction of sp³-hybridized carbons (Fsp3) is 0.200. The molecule has 7 nitrogen and oxygen atoms in total. The predicted molar refractivity (Wildman–Crippen MR) is 95.4 cm³/mol. The summed E-state index contributed by atoms with van der Waals surface area (Å²) in [6.07, 6.45) is 0. The standard InChI is InChI=1S/C20H18N2O5/c1-20(2,3)22-17(24)14-8-7-11(10-15(14)18(22)25)16(23)21-13-6-4-5-12(9-13)19(26)27/h4-10H,1-3H3,(H,21,23)(H,26,27)/p-1. The Morgan fingerprint density at radius 2 is 1.59 bits per heavy atom. The molecule has 0 aromatic heterocycles. The van der Waals surface area contributed by atoms with Gasteiger partial charge in [0.2, 0.25) is 0 Å². The molecule has 0 unspecified atom stereocenters. The van der Waals surface area contributed by atoms with Gasteiger partial charge in [-0.25, -0.2) is 0 Å². The van der Waals surface area contributed by atoms with Gasteiger partial charge in [-0.05, 0) is 56.7 Å². The van der Waals surface area contributed by atoms with Crippen molar-refractivity contribution in [2.24, 2.45) is 0 Å². The summed E-state index contributed by atoms with van der Waals surface area (Å²) >= 11 is 0. The largest absolute Gasteiger partial charge is 0.545 e. The molecule has 1 heterocycles. The van der Waals surface area contributed by atoms with Crippen LogP contribution in [0.2, 0.25) is 0 Å². The molecule has 3 amide bonds. The van der Waals surface area contributed by atoms with Crippen LogP contribution < -0.4 is 10.4 Å². The van der Waals surface area contributed by atoms with Crippen molar-refractivity contribution < 1.29 is 24.3 Å². The second kappa shape index (κ2) is 6.35. The molecule has 1 N–H and O–H groups in total. The van der Waals surface area contributed by atoms with Crippen LogP contribution in [-0.2, 0) is 0 Å². The fourth-order valence-electron chi connectivity index (χ4n) is 2.92. The minimum atomic E-state index is -1.35. The third-order valence-corrected chi connectivity index (χ3v) is 4.18. The van der Waals surface area contributed by atoms with Crippen molar-refractivity contribution in [3.05, 3.63) is 64.7 Å². The molecule has 0 atom stereocenters. The normalized spacial score (nSPS) is 13.5. The van der Waals surface area contributed by atoms with E-state index in [1.807, 2.05) is 0 Å². The van der Waals surface area contributed by atoms with Crippen molar-refractivity contribution in [3.63, 3.8) is 0 Å². The number of amides is 3. The van der Waals surface area contributed by atoms with Crippen LogP contribution in [0.25, 0.3) is 0 Å². The molecule has 7 heteroatoms. The Labute approximate surface area is 155 Å². The number of rotatable bonds is 3. The van der Waals surface area contributed by atoms with Crippen molar-refractivity contribution in [1.29, 1.82) is 0 Å². The van der Waals surface area contributed by atoms with E-state index in [0.29, 0.717) is 0 Å². The number of anilines is 1. The molecular weight excluding hydrogens is 348 g/mol. The van der Waals surface area contributed by atoms with Crippen LogP contribution in [0.15, 0.2) is 42.5 Å². The first-order chi connectivity index (χ1) is 12.6. The molecule has 3 rings (SSSR count). The zero-order valence-corrected chi connectivity index (χ0v) is 15.0. The number of benzene rings is 2. The molecule has 0 radical (unpaired) electrons. The number of carbonyl (C=O) groups excluding carboxylic acids is 4. The fourth-order valence-corrected chi connectivity index (χ4v) is 2.92. The van der Waals surface area contributed by atoms with Crippen LogP contribution in [0.3, 0.4) is 0 Å². The minimum absolute atomic E-state index is 0.0663. The Morgan fingerprint density at radius 3 is 2.22 bits per heavy atom. The molecule has 0 aliphatic carbocycles. The van der Waals surface area contributed by atoms with Gasteiger partial charge in [-0.3, -0.25) is 19.3 Å². The average Bonchev–Trinajstić information content (AvgIpc) is 2.85. The van der Waals surface area contributed by atoms with Crippen LogP contribution in [0.4, 0.5) is 5.69 Å². The van der Waals surface area contributed by atoms with Gasteiger partial charge in [0, 0.05) is 16.8 Å². The van der Waals surface area contributed by atoms with Crippen molar-refractivity contribution >= 4 is 29.4 Å².